The minimum absolute atomic E-state index is 0.0504. The highest BCUT2D eigenvalue weighted by atomic mass is 32.2. The number of imide groups is 1. The Balaban J connectivity index is 1.47. The summed E-state index contributed by atoms with van der Waals surface area (Å²) in [5, 5.41) is 2.14. The summed E-state index contributed by atoms with van der Waals surface area (Å²) in [4.78, 5) is 37.7. The molecule has 0 aliphatic carbocycles. The minimum atomic E-state index is -3.86. The van der Waals surface area contributed by atoms with Crippen LogP contribution in [0.15, 0.2) is 47.4 Å². The molecule has 0 spiro atoms. The first-order valence-corrected chi connectivity index (χ1v) is 10.7. The van der Waals surface area contributed by atoms with Gasteiger partial charge in [0, 0.05) is 31.7 Å². The highest BCUT2D eigenvalue weighted by molar-refractivity contribution is 7.89. The maximum Gasteiger partial charge on any atom is 0.258 e. The van der Waals surface area contributed by atoms with Gasteiger partial charge in [-0.05, 0) is 42.5 Å². The van der Waals surface area contributed by atoms with Gasteiger partial charge in [-0.1, -0.05) is 0 Å². The predicted molar refractivity (Wildman–Crippen MR) is 106 cm³/mol. The summed E-state index contributed by atoms with van der Waals surface area (Å²) in [6.07, 6.45) is 0. The first-order chi connectivity index (χ1) is 14.3. The maximum absolute atomic E-state index is 13.0. The SMILES string of the molecule is COc1ccc(C(=O)N2CCN(S(=O)(=O)c3ccc4c(c3)C(=O)NC4=O)CC2)cc1. The van der Waals surface area contributed by atoms with Gasteiger partial charge in [-0.25, -0.2) is 8.42 Å². The van der Waals surface area contributed by atoms with Gasteiger partial charge >= 0.3 is 0 Å². The Hall–Kier alpha value is -3.24. The van der Waals surface area contributed by atoms with Crippen molar-refractivity contribution < 1.29 is 27.5 Å². The van der Waals surface area contributed by atoms with Crippen LogP contribution in [0.2, 0.25) is 0 Å². The van der Waals surface area contributed by atoms with Crippen LogP contribution in [0.5, 0.6) is 5.75 Å². The molecule has 10 heteroatoms. The molecule has 0 atom stereocenters. The summed E-state index contributed by atoms with van der Waals surface area (Å²) in [7, 11) is -2.32. The molecule has 2 aliphatic rings. The molecule has 30 heavy (non-hydrogen) atoms. The van der Waals surface area contributed by atoms with Gasteiger partial charge in [0.15, 0.2) is 0 Å². The Morgan fingerprint density at radius 3 is 2.20 bits per heavy atom. The summed E-state index contributed by atoms with van der Waals surface area (Å²) in [5.74, 6) is -0.679. The fourth-order valence-electron chi connectivity index (χ4n) is 3.50. The van der Waals surface area contributed by atoms with E-state index < -0.39 is 21.8 Å². The smallest absolute Gasteiger partial charge is 0.258 e. The Labute approximate surface area is 173 Å². The van der Waals surface area contributed by atoms with Crippen LogP contribution < -0.4 is 10.1 Å². The molecular formula is C20H19N3O6S. The molecule has 2 aromatic carbocycles. The molecule has 1 fully saturated rings. The topological polar surface area (TPSA) is 113 Å². The second-order valence-corrected chi connectivity index (χ2v) is 8.85. The van der Waals surface area contributed by atoms with Crippen molar-refractivity contribution in [2.24, 2.45) is 0 Å². The number of benzene rings is 2. The fraction of sp³-hybridized carbons (Fsp3) is 0.250. The van der Waals surface area contributed by atoms with Gasteiger partial charge in [0.1, 0.15) is 5.75 Å². The summed E-state index contributed by atoms with van der Waals surface area (Å²) in [6.45, 7) is 0.751. The number of sulfonamides is 1. The van der Waals surface area contributed by atoms with Crippen LogP contribution in [-0.2, 0) is 10.0 Å². The molecule has 0 unspecified atom stereocenters. The zero-order chi connectivity index (χ0) is 21.5. The average Bonchev–Trinajstić information content (AvgIpc) is 3.06. The van der Waals surface area contributed by atoms with Gasteiger partial charge in [0.2, 0.25) is 10.0 Å². The molecule has 2 aliphatic heterocycles. The largest absolute Gasteiger partial charge is 0.497 e. The maximum atomic E-state index is 13.0. The van der Waals surface area contributed by atoms with Crippen LogP contribution in [0.4, 0.5) is 0 Å². The lowest BCUT2D eigenvalue weighted by molar-refractivity contribution is 0.0697. The number of hydrogen-bond acceptors (Lipinski definition) is 6. The van der Waals surface area contributed by atoms with Crippen molar-refractivity contribution in [2.75, 3.05) is 33.3 Å². The number of piperazine rings is 1. The quantitative estimate of drug-likeness (QED) is 0.717. The van der Waals surface area contributed by atoms with Crippen molar-refractivity contribution in [3.63, 3.8) is 0 Å². The third-order valence-electron chi connectivity index (χ3n) is 5.21. The number of fused-ring (bicyclic) bond motifs is 1. The van der Waals surface area contributed by atoms with E-state index >= 15 is 0 Å². The lowest BCUT2D eigenvalue weighted by atomic mass is 10.1. The Kier molecular flexibility index (Phi) is 5.04. The number of nitrogens with one attached hydrogen (secondary N) is 1. The number of carbonyl (C=O) groups is 3. The first kappa shape index (κ1) is 20.0. The Bertz CT molecular complexity index is 1140. The van der Waals surface area contributed by atoms with Gasteiger partial charge in [-0.2, -0.15) is 4.31 Å². The van der Waals surface area contributed by atoms with Crippen LogP contribution >= 0.6 is 0 Å². The van der Waals surface area contributed by atoms with E-state index in [1.54, 1.807) is 36.3 Å². The van der Waals surface area contributed by atoms with Gasteiger partial charge in [0.25, 0.3) is 17.7 Å². The fourth-order valence-corrected chi connectivity index (χ4v) is 4.95. The first-order valence-electron chi connectivity index (χ1n) is 9.24. The third kappa shape index (κ3) is 3.44. The highest BCUT2D eigenvalue weighted by Gasteiger charge is 2.33. The number of rotatable bonds is 4. The van der Waals surface area contributed by atoms with Gasteiger partial charge < -0.3 is 9.64 Å². The van der Waals surface area contributed by atoms with Crippen molar-refractivity contribution in [1.82, 2.24) is 14.5 Å². The molecular weight excluding hydrogens is 410 g/mol. The summed E-state index contributed by atoms with van der Waals surface area (Å²) in [5.41, 5.74) is 0.713. The van der Waals surface area contributed by atoms with E-state index in [2.05, 4.69) is 5.32 Å². The molecule has 2 heterocycles. The number of ether oxygens (including phenoxy) is 1. The molecule has 2 aromatic rings. The molecule has 0 aromatic heterocycles. The summed E-state index contributed by atoms with van der Waals surface area (Å²) < 4.78 is 32.3. The standard InChI is InChI=1S/C20H19N3O6S/c1-29-14-4-2-13(3-5-14)20(26)22-8-10-23(11-9-22)30(27,28)15-6-7-16-17(12-15)19(25)21-18(16)24/h2-7,12H,8-11H2,1H3,(H,21,24,25). The number of amides is 3. The Morgan fingerprint density at radius 2 is 1.57 bits per heavy atom. The van der Waals surface area contributed by atoms with Crippen molar-refractivity contribution in [1.29, 1.82) is 0 Å². The zero-order valence-corrected chi connectivity index (χ0v) is 16.9. The van der Waals surface area contributed by atoms with Gasteiger partial charge in [-0.3, -0.25) is 19.7 Å². The number of nitrogens with zero attached hydrogens (tertiary/aromatic N) is 2. The van der Waals surface area contributed by atoms with E-state index in [0.29, 0.717) is 11.3 Å². The third-order valence-corrected chi connectivity index (χ3v) is 7.10. The second-order valence-electron chi connectivity index (χ2n) is 6.92. The summed E-state index contributed by atoms with van der Waals surface area (Å²) >= 11 is 0. The van der Waals surface area contributed by atoms with E-state index in [-0.39, 0.29) is 48.1 Å². The minimum Gasteiger partial charge on any atom is -0.497 e. The van der Waals surface area contributed by atoms with E-state index in [9.17, 15) is 22.8 Å². The Morgan fingerprint density at radius 1 is 0.933 bits per heavy atom. The molecule has 156 valence electrons. The molecule has 0 saturated carbocycles. The van der Waals surface area contributed by atoms with Crippen molar-refractivity contribution in [2.45, 2.75) is 4.90 Å². The van der Waals surface area contributed by atoms with E-state index in [1.807, 2.05) is 0 Å². The van der Waals surface area contributed by atoms with E-state index in [0.717, 1.165) is 0 Å². The average molecular weight is 429 g/mol. The number of carbonyl (C=O) groups excluding carboxylic acids is 3. The van der Waals surface area contributed by atoms with E-state index in [4.69, 9.17) is 4.74 Å². The van der Waals surface area contributed by atoms with Crippen LogP contribution in [0, 0.1) is 0 Å². The normalized spacial score (nSPS) is 16.9. The number of methoxy groups -OCH3 is 1. The zero-order valence-electron chi connectivity index (χ0n) is 16.1. The lowest BCUT2D eigenvalue weighted by Gasteiger charge is -2.34. The monoisotopic (exact) mass is 429 g/mol. The van der Waals surface area contributed by atoms with Crippen molar-refractivity contribution in [3.05, 3.63) is 59.2 Å². The number of hydrogen-bond donors (Lipinski definition) is 1. The molecule has 3 amide bonds. The second kappa shape index (κ2) is 7.54. The van der Waals surface area contributed by atoms with Crippen LogP contribution in [0.25, 0.3) is 0 Å². The molecule has 1 saturated heterocycles. The molecule has 4 rings (SSSR count). The van der Waals surface area contributed by atoms with Gasteiger partial charge in [0.05, 0.1) is 23.1 Å². The lowest BCUT2D eigenvalue weighted by Crippen LogP contribution is -2.50. The van der Waals surface area contributed by atoms with Crippen LogP contribution in [-0.4, -0.2) is 68.6 Å². The van der Waals surface area contributed by atoms with Crippen LogP contribution in [0.3, 0.4) is 0 Å². The molecule has 9 nitrogen and oxygen atoms in total. The summed E-state index contributed by atoms with van der Waals surface area (Å²) in [6, 6.07) is 10.6. The van der Waals surface area contributed by atoms with E-state index in [1.165, 1.54) is 22.5 Å². The molecule has 0 bridgehead atoms. The van der Waals surface area contributed by atoms with Gasteiger partial charge in [-0.15, -0.1) is 0 Å². The predicted octanol–water partition coefficient (Wildman–Crippen LogP) is 0.725. The molecule has 1 N–H and O–H groups in total. The van der Waals surface area contributed by atoms with Crippen LogP contribution in [0.1, 0.15) is 31.1 Å². The van der Waals surface area contributed by atoms with Crippen molar-refractivity contribution in [3.8, 4) is 5.75 Å². The molecule has 0 radical (unpaired) electrons. The van der Waals surface area contributed by atoms with Crippen molar-refractivity contribution >= 4 is 27.7 Å². The highest BCUT2D eigenvalue weighted by Crippen LogP contribution is 2.24.